The third-order valence-electron chi connectivity index (χ3n) is 1.29. The number of nitrogens with one attached hydrogen (secondary N) is 2. The van der Waals surface area contributed by atoms with Crippen molar-refractivity contribution < 1.29 is 14.9 Å². The Kier molecular flexibility index (Phi) is 9.78. The summed E-state index contributed by atoms with van der Waals surface area (Å²) in [4.78, 5) is 0. The molecule has 0 amide bonds. The summed E-state index contributed by atoms with van der Waals surface area (Å²) in [5, 5.41) is 22.9. The van der Waals surface area contributed by atoms with E-state index in [1.54, 1.807) is 0 Å². The molecule has 0 aliphatic heterocycles. The summed E-state index contributed by atoms with van der Waals surface area (Å²) in [6, 6.07) is 0. The lowest BCUT2D eigenvalue weighted by Crippen LogP contribution is -2.52. The van der Waals surface area contributed by atoms with E-state index in [9.17, 15) is 0 Å². The summed E-state index contributed by atoms with van der Waals surface area (Å²) in [5.41, 5.74) is 5.25. The molecule has 0 bridgehead atoms. The second-order valence-corrected chi connectivity index (χ2v) is 2.39. The molecular weight excluding hydrogens is 173 g/mol. The highest BCUT2D eigenvalue weighted by atomic mass is 16.5. The van der Waals surface area contributed by atoms with Crippen LogP contribution in [-0.4, -0.2) is 56.9 Å². The van der Waals surface area contributed by atoms with E-state index in [1.165, 1.54) is 0 Å². The minimum absolute atomic E-state index is 0.0449. The molecule has 6 N–H and O–H groups in total. The van der Waals surface area contributed by atoms with Crippen LogP contribution in [0.5, 0.6) is 0 Å². The highest BCUT2D eigenvalue weighted by molar-refractivity contribution is 6.45. The maximum Gasteiger partial charge on any atom is 0.473 e. The highest BCUT2D eigenvalue weighted by Gasteiger charge is 2.13. The fourth-order valence-corrected chi connectivity index (χ4v) is 0.767. The Morgan fingerprint density at radius 2 is 1.69 bits per heavy atom. The summed E-state index contributed by atoms with van der Waals surface area (Å²) < 4.78 is 5.23. The first-order valence-corrected chi connectivity index (χ1v) is 4.35. The lowest BCUT2D eigenvalue weighted by atomic mass is 10.0. The van der Waals surface area contributed by atoms with Crippen molar-refractivity contribution in [2.75, 3.05) is 39.5 Å². The zero-order valence-electron chi connectivity index (χ0n) is 7.70. The van der Waals surface area contributed by atoms with Gasteiger partial charge in [-0.15, -0.1) is 0 Å². The molecule has 0 unspecified atom stereocenters. The van der Waals surface area contributed by atoms with Crippen molar-refractivity contribution in [1.82, 2.24) is 10.5 Å². The van der Waals surface area contributed by atoms with Crippen LogP contribution < -0.4 is 16.2 Å². The van der Waals surface area contributed by atoms with E-state index < -0.39 is 0 Å². The number of aliphatic hydroxyl groups is 2. The van der Waals surface area contributed by atoms with Crippen molar-refractivity contribution >= 4 is 7.19 Å². The Bertz CT molecular complexity index is 90.1. The van der Waals surface area contributed by atoms with Gasteiger partial charge >= 0.3 is 7.19 Å². The molecule has 0 saturated heterocycles. The maximum atomic E-state index is 8.55. The predicted octanol–water partition coefficient (Wildman–Crippen LogP) is -2.89. The number of rotatable bonds is 9. The SMILES string of the molecule is NCCOB(NCCO)NCCO. The van der Waals surface area contributed by atoms with Crippen LogP contribution in [0.4, 0.5) is 0 Å². The quantitative estimate of drug-likeness (QED) is 0.251. The topological polar surface area (TPSA) is 99.8 Å². The molecule has 0 radical (unpaired) electrons. The van der Waals surface area contributed by atoms with Crippen LogP contribution in [0.1, 0.15) is 0 Å². The Morgan fingerprint density at radius 1 is 1.15 bits per heavy atom. The van der Waals surface area contributed by atoms with E-state index in [1.807, 2.05) is 0 Å². The molecule has 0 rings (SSSR count). The first-order chi connectivity index (χ1) is 6.35. The Labute approximate surface area is 78.6 Å². The molecule has 0 aliphatic rings. The highest BCUT2D eigenvalue weighted by Crippen LogP contribution is 1.76. The number of hydrogen-bond donors (Lipinski definition) is 5. The van der Waals surface area contributed by atoms with Crippen LogP contribution in [0.15, 0.2) is 0 Å². The van der Waals surface area contributed by atoms with Gasteiger partial charge in [-0.25, -0.2) is 0 Å². The first kappa shape index (κ1) is 12.8. The van der Waals surface area contributed by atoms with Gasteiger partial charge in [0.15, 0.2) is 0 Å². The second kappa shape index (κ2) is 9.91. The number of nitrogens with two attached hydrogens (primary N) is 1. The Balaban J connectivity index is 3.47. The maximum absolute atomic E-state index is 8.55. The molecule has 0 aromatic carbocycles. The van der Waals surface area contributed by atoms with Crippen molar-refractivity contribution in [1.29, 1.82) is 0 Å². The largest absolute Gasteiger partial charge is 0.473 e. The van der Waals surface area contributed by atoms with Crippen LogP contribution in [-0.2, 0) is 4.65 Å². The Hall–Kier alpha value is -0.175. The summed E-state index contributed by atoms with van der Waals surface area (Å²) in [7, 11) is -0.358. The van der Waals surface area contributed by atoms with E-state index in [2.05, 4.69) is 10.5 Å². The van der Waals surface area contributed by atoms with Gasteiger partial charge < -0.3 is 31.1 Å². The fraction of sp³-hybridized carbons (Fsp3) is 1.00. The summed E-state index contributed by atoms with van der Waals surface area (Å²) >= 11 is 0. The molecule has 0 atom stereocenters. The monoisotopic (exact) mass is 191 g/mol. The summed E-state index contributed by atoms with van der Waals surface area (Å²) in [6.07, 6.45) is 0. The smallest absolute Gasteiger partial charge is 0.407 e. The van der Waals surface area contributed by atoms with E-state index in [0.717, 1.165) is 0 Å². The first-order valence-electron chi connectivity index (χ1n) is 4.35. The number of hydrogen-bond acceptors (Lipinski definition) is 6. The van der Waals surface area contributed by atoms with Crippen LogP contribution >= 0.6 is 0 Å². The van der Waals surface area contributed by atoms with Crippen molar-refractivity contribution in [3.05, 3.63) is 0 Å². The summed E-state index contributed by atoms with van der Waals surface area (Å²) in [6.45, 7) is 1.84. The van der Waals surface area contributed by atoms with Gasteiger partial charge in [0, 0.05) is 26.2 Å². The van der Waals surface area contributed by atoms with Gasteiger partial charge in [-0.2, -0.15) is 0 Å². The molecule has 0 saturated carbocycles. The molecule has 0 fully saturated rings. The zero-order valence-corrected chi connectivity index (χ0v) is 7.70. The molecular formula is C6H18BN3O3. The van der Waals surface area contributed by atoms with Crippen molar-refractivity contribution in [2.45, 2.75) is 0 Å². The number of aliphatic hydroxyl groups excluding tert-OH is 2. The van der Waals surface area contributed by atoms with Crippen LogP contribution in [0.25, 0.3) is 0 Å². The normalized spacial score (nSPS) is 10.4. The lowest BCUT2D eigenvalue weighted by Gasteiger charge is -2.14. The van der Waals surface area contributed by atoms with Gasteiger partial charge in [0.1, 0.15) is 0 Å². The van der Waals surface area contributed by atoms with E-state index in [4.69, 9.17) is 20.6 Å². The molecule has 0 aromatic rings. The molecule has 78 valence electrons. The molecule has 0 heterocycles. The van der Waals surface area contributed by atoms with Crippen LogP contribution in [0.3, 0.4) is 0 Å². The van der Waals surface area contributed by atoms with Gasteiger partial charge in [0.2, 0.25) is 0 Å². The predicted molar refractivity (Wildman–Crippen MR) is 50.9 cm³/mol. The second-order valence-electron chi connectivity index (χ2n) is 2.39. The fourth-order valence-electron chi connectivity index (χ4n) is 0.767. The third kappa shape index (κ3) is 8.16. The molecule has 0 aromatic heterocycles. The van der Waals surface area contributed by atoms with Gasteiger partial charge in [0.25, 0.3) is 0 Å². The van der Waals surface area contributed by atoms with Gasteiger partial charge in [-0.1, -0.05) is 0 Å². The van der Waals surface area contributed by atoms with Gasteiger partial charge in [-0.3, -0.25) is 0 Å². The average molecular weight is 191 g/mol. The van der Waals surface area contributed by atoms with Crippen molar-refractivity contribution in [3.8, 4) is 0 Å². The van der Waals surface area contributed by atoms with Crippen molar-refractivity contribution in [3.63, 3.8) is 0 Å². The molecule has 13 heavy (non-hydrogen) atoms. The lowest BCUT2D eigenvalue weighted by molar-refractivity contribution is 0.272. The average Bonchev–Trinajstić information content (AvgIpc) is 2.17. The summed E-state index contributed by atoms with van der Waals surface area (Å²) in [5.74, 6) is 0. The van der Waals surface area contributed by atoms with E-state index in [0.29, 0.717) is 26.2 Å². The van der Waals surface area contributed by atoms with Gasteiger partial charge in [-0.05, 0) is 0 Å². The third-order valence-corrected chi connectivity index (χ3v) is 1.29. The molecule has 6 nitrogen and oxygen atoms in total. The minimum atomic E-state index is -0.358. The molecule has 7 heteroatoms. The van der Waals surface area contributed by atoms with Crippen LogP contribution in [0.2, 0.25) is 0 Å². The molecule has 0 aliphatic carbocycles. The van der Waals surface area contributed by atoms with Crippen molar-refractivity contribution in [2.24, 2.45) is 5.73 Å². The standard InChI is InChI=1S/C6H18BN3O3/c8-1-6-13-7(9-2-4-11)10-3-5-12/h9-12H,1-6,8H2. The molecule has 0 spiro atoms. The van der Waals surface area contributed by atoms with E-state index >= 15 is 0 Å². The minimum Gasteiger partial charge on any atom is -0.407 e. The van der Waals surface area contributed by atoms with Gasteiger partial charge in [0.05, 0.1) is 13.2 Å². The Morgan fingerprint density at radius 3 is 2.08 bits per heavy atom. The van der Waals surface area contributed by atoms with Crippen LogP contribution in [0, 0.1) is 0 Å². The van der Waals surface area contributed by atoms with E-state index in [-0.39, 0.29) is 20.4 Å². The zero-order chi connectivity index (χ0) is 9.94.